The summed E-state index contributed by atoms with van der Waals surface area (Å²) in [7, 11) is 1.53. The Morgan fingerprint density at radius 1 is 1.15 bits per heavy atom. The van der Waals surface area contributed by atoms with Gasteiger partial charge in [0.25, 0.3) is 5.91 Å². The molecule has 0 bridgehead atoms. The second-order valence-electron chi connectivity index (χ2n) is 7.02. The molecule has 0 aliphatic carbocycles. The smallest absolute Gasteiger partial charge is 0.254 e. The number of amides is 1. The first-order chi connectivity index (χ1) is 12.6. The third-order valence-electron chi connectivity index (χ3n) is 5.24. The molecule has 0 atom stereocenters. The van der Waals surface area contributed by atoms with Crippen molar-refractivity contribution in [1.29, 1.82) is 0 Å². The molecule has 5 nitrogen and oxygen atoms in total. The normalized spacial score (nSPS) is 19.6. The zero-order chi connectivity index (χ0) is 18.1. The van der Waals surface area contributed by atoms with Gasteiger partial charge in [-0.25, -0.2) is 0 Å². The van der Waals surface area contributed by atoms with Gasteiger partial charge in [-0.15, -0.1) is 0 Å². The summed E-state index contributed by atoms with van der Waals surface area (Å²) in [6.45, 7) is 3.71. The molecule has 1 spiro atoms. The van der Waals surface area contributed by atoms with E-state index in [1.54, 1.807) is 0 Å². The summed E-state index contributed by atoms with van der Waals surface area (Å²) in [5, 5.41) is 4.06. The van der Waals surface area contributed by atoms with Gasteiger partial charge in [0.2, 0.25) is 0 Å². The van der Waals surface area contributed by atoms with Crippen molar-refractivity contribution >= 4 is 11.6 Å². The van der Waals surface area contributed by atoms with E-state index in [-0.39, 0.29) is 11.4 Å². The summed E-state index contributed by atoms with van der Waals surface area (Å²) < 4.78 is 5.40. The summed E-state index contributed by atoms with van der Waals surface area (Å²) in [4.78, 5) is 19.9. The highest BCUT2D eigenvalue weighted by Gasteiger charge is 2.52. The average Bonchev–Trinajstić information content (AvgIpc) is 3.02. The highest BCUT2D eigenvalue weighted by molar-refractivity contribution is 6.01. The van der Waals surface area contributed by atoms with Crippen LogP contribution in [0.3, 0.4) is 0 Å². The Balaban J connectivity index is 1.59. The molecule has 2 fully saturated rings. The van der Waals surface area contributed by atoms with Crippen molar-refractivity contribution in [2.45, 2.75) is 18.9 Å². The fourth-order valence-electron chi connectivity index (χ4n) is 3.80. The van der Waals surface area contributed by atoms with Gasteiger partial charge in [0.05, 0.1) is 31.0 Å². The molecule has 1 amide bonds. The number of benzene rings is 2. The van der Waals surface area contributed by atoms with E-state index < -0.39 is 0 Å². The third-order valence-corrected chi connectivity index (χ3v) is 5.24. The number of oxime groups is 1. The Labute approximate surface area is 153 Å². The Bertz CT molecular complexity index is 854. The molecular weight excluding hydrogens is 328 g/mol. The van der Waals surface area contributed by atoms with Gasteiger partial charge in [-0.2, -0.15) is 0 Å². The number of carbonyl (C=O) groups is 1. The highest BCUT2D eigenvalue weighted by atomic mass is 16.6. The molecule has 0 radical (unpaired) electrons. The Hall–Kier alpha value is -2.66. The summed E-state index contributed by atoms with van der Waals surface area (Å²) >= 11 is 0. The summed E-state index contributed by atoms with van der Waals surface area (Å²) in [6, 6.07) is 16.1. The number of carbonyl (C=O) groups excluding carboxylic acids is 1. The lowest BCUT2D eigenvalue weighted by Gasteiger charge is -2.44. The minimum atomic E-state index is -0.261. The van der Waals surface area contributed by atoms with Crippen molar-refractivity contribution in [3.05, 3.63) is 59.7 Å². The van der Waals surface area contributed by atoms with Gasteiger partial charge in [-0.1, -0.05) is 41.6 Å². The van der Waals surface area contributed by atoms with Gasteiger partial charge in [0.1, 0.15) is 7.11 Å². The van der Waals surface area contributed by atoms with Crippen molar-refractivity contribution in [3.8, 4) is 11.1 Å². The SMILES string of the molecule is CO/N=C1\CN(C(=O)c2ccc(-c3ccccc3C)cc2)C2(COC2)C1. The van der Waals surface area contributed by atoms with E-state index in [0.717, 1.165) is 11.3 Å². The van der Waals surface area contributed by atoms with Crippen LogP contribution in [0.4, 0.5) is 0 Å². The van der Waals surface area contributed by atoms with Gasteiger partial charge < -0.3 is 14.5 Å². The quantitative estimate of drug-likeness (QED) is 0.798. The van der Waals surface area contributed by atoms with Gasteiger partial charge in [-0.3, -0.25) is 4.79 Å². The number of rotatable bonds is 3. The summed E-state index contributed by atoms with van der Waals surface area (Å²) in [5.74, 6) is 0.0194. The molecule has 26 heavy (non-hydrogen) atoms. The van der Waals surface area contributed by atoms with Crippen LogP contribution in [0.1, 0.15) is 22.3 Å². The minimum Gasteiger partial charge on any atom is -0.399 e. The minimum absolute atomic E-state index is 0.0194. The first-order valence-corrected chi connectivity index (χ1v) is 8.78. The van der Waals surface area contributed by atoms with Crippen LogP contribution in [-0.4, -0.2) is 48.9 Å². The van der Waals surface area contributed by atoms with Crippen LogP contribution in [0.25, 0.3) is 11.1 Å². The van der Waals surface area contributed by atoms with Crippen molar-refractivity contribution in [3.63, 3.8) is 0 Å². The Morgan fingerprint density at radius 3 is 2.50 bits per heavy atom. The maximum absolute atomic E-state index is 13.1. The molecule has 0 N–H and O–H groups in total. The molecule has 2 aliphatic rings. The second kappa shape index (κ2) is 6.57. The largest absolute Gasteiger partial charge is 0.399 e. The lowest BCUT2D eigenvalue weighted by molar-refractivity contribution is -0.109. The zero-order valence-corrected chi connectivity index (χ0v) is 15.1. The lowest BCUT2D eigenvalue weighted by atomic mass is 9.93. The first-order valence-electron chi connectivity index (χ1n) is 8.78. The molecule has 2 aliphatic heterocycles. The van der Waals surface area contributed by atoms with Crippen molar-refractivity contribution < 1.29 is 14.4 Å². The van der Waals surface area contributed by atoms with Gasteiger partial charge in [0.15, 0.2) is 0 Å². The molecule has 0 saturated carbocycles. The lowest BCUT2D eigenvalue weighted by Crippen LogP contribution is -2.60. The number of ether oxygens (including phenoxy) is 1. The molecule has 134 valence electrons. The summed E-state index contributed by atoms with van der Waals surface area (Å²) in [6.07, 6.45) is 0.716. The average molecular weight is 350 g/mol. The zero-order valence-electron chi connectivity index (χ0n) is 15.1. The fourth-order valence-corrected chi connectivity index (χ4v) is 3.80. The molecule has 2 aromatic carbocycles. The maximum atomic E-state index is 13.1. The van der Waals surface area contributed by atoms with Crippen LogP contribution in [0.2, 0.25) is 0 Å². The molecule has 4 rings (SSSR count). The predicted octanol–water partition coefficient (Wildman–Crippen LogP) is 3.28. The van der Waals surface area contributed by atoms with Crippen molar-refractivity contribution in [1.82, 2.24) is 4.90 Å². The number of likely N-dealkylation sites (tertiary alicyclic amines) is 1. The van der Waals surface area contributed by atoms with E-state index in [1.807, 2.05) is 41.3 Å². The van der Waals surface area contributed by atoms with Crippen LogP contribution >= 0.6 is 0 Å². The molecule has 2 aromatic rings. The Kier molecular flexibility index (Phi) is 4.24. The van der Waals surface area contributed by atoms with E-state index in [2.05, 4.69) is 24.2 Å². The molecular formula is C21H22N2O3. The van der Waals surface area contributed by atoms with Gasteiger partial charge >= 0.3 is 0 Å². The van der Waals surface area contributed by atoms with E-state index >= 15 is 0 Å². The fraction of sp³-hybridized carbons (Fsp3) is 0.333. The van der Waals surface area contributed by atoms with Gasteiger partial charge in [0, 0.05) is 12.0 Å². The van der Waals surface area contributed by atoms with Crippen molar-refractivity contribution in [2.75, 3.05) is 26.9 Å². The van der Waals surface area contributed by atoms with E-state index in [9.17, 15) is 4.79 Å². The standard InChI is InChI=1S/C21H22N2O3/c1-15-5-3-4-6-19(15)16-7-9-17(10-8-16)20(24)23-12-18(22-25-2)11-21(23)13-26-14-21/h3-10H,11-14H2,1-2H3/b22-18-. The third kappa shape index (κ3) is 2.78. The number of hydrogen-bond acceptors (Lipinski definition) is 4. The number of hydrogen-bond donors (Lipinski definition) is 0. The summed E-state index contributed by atoms with van der Waals surface area (Å²) in [5.41, 5.74) is 4.84. The van der Waals surface area contributed by atoms with E-state index in [4.69, 9.17) is 9.57 Å². The monoisotopic (exact) mass is 350 g/mol. The van der Waals surface area contributed by atoms with Crippen LogP contribution in [0.15, 0.2) is 53.7 Å². The van der Waals surface area contributed by atoms with Crippen LogP contribution in [-0.2, 0) is 9.57 Å². The molecule has 0 aromatic heterocycles. The molecule has 2 heterocycles. The predicted molar refractivity (Wildman–Crippen MR) is 100 cm³/mol. The van der Waals surface area contributed by atoms with Crippen LogP contribution < -0.4 is 0 Å². The van der Waals surface area contributed by atoms with Crippen molar-refractivity contribution in [2.24, 2.45) is 5.16 Å². The van der Waals surface area contributed by atoms with E-state index in [0.29, 0.717) is 31.7 Å². The topological polar surface area (TPSA) is 51.1 Å². The number of aryl methyl sites for hydroxylation is 1. The molecule has 2 saturated heterocycles. The maximum Gasteiger partial charge on any atom is 0.254 e. The first kappa shape index (κ1) is 16.8. The molecule has 0 unspecified atom stereocenters. The molecule has 5 heteroatoms. The van der Waals surface area contributed by atoms with Crippen LogP contribution in [0, 0.1) is 6.92 Å². The van der Waals surface area contributed by atoms with Gasteiger partial charge in [-0.05, 0) is 35.7 Å². The number of nitrogens with zero attached hydrogens (tertiary/aromatic N) is 2. The highest BCUT2D eigenvalue weighted by Crippen LogP contribution is 2.36. The van der Waals surface area contributed by atoms with Crippen LogP contribution in [0.5, 0.6) is 0 Å². The second-order valence-corrected chi connectivity index (χ2v) is 7.02. The van der Waals surface area contributed by atoms with E-state index in [1.165, 1.54) is 18.2 Å². The Morgan fingerprint density at radius 2 is 1.88 bits per heavy atom.